The molecule has 3 N–H and O–H groups in total. The van der Waals surface area contributed by atoms with Gasteiger partial charge in [-0.05, 0) is 70.0 Å². The minimum atomic E-state index is -0.333. The SMILES string of the molecule is Cc1ccc(Nc2ccc(N)c(OC(C)(C)C)n2)cc1C. The molecule has 0 amide bonds. The van der Waals surface area contributed by atoms with Crippen molar-refractivity contribution < 1.29 is 4.74 Å². The third kappa shape index (κ3) is 4.12. The van der Waals surface area contributed by atoms with Gasteiger partial charge in [0.15, 0.2) is 0 Å². The molecule has 0 radical (unpaired) electrons. The maximum absolute atomic E-state index is 5.92. The van der Waals surface area contributed by atoms with Crippen molar-refractivity contribution >= 4 is 17.2 Å². The molecule has 0 spiro atoms. The molecule has 2 aromatic rings. The van der Waals surface area contributed by atoms with Crippen LogP contribution in [0.2, 0.25) is 0 Å². The molecule has 1 aromatic carbocycles. The lowest BCUT2D eigenvalue weighted by atomic mass is 10.1. The van der Waals surface area contributed by atoms with Gasteiger partial charge in [-0.25, -0.2) is 0 Å². The molecule has 0 bridgehead atoms. The zero-order chi connectivity index (χ0) is 15.6. The van der Waals surface area contributed by atoms with Crippen LogP contribution in [0.25, 0.3) is 0 Å². The first-order valence-corrected chi connectivity index (χ1v) is 7.04. The molecule has 21 heavy (non-hydrogen) atoms. The Bertz CT molecular complexity index is 645. The standard InChI is InChI=1S/C17H23N3O/c1-11-6-7-13(10-12(11)2)19-15-9-8-14(18)16(20-15)21-17(3,4)5/h6-10H,18H2,1-5H3,(H,19,20). The van der Waals surface area contributed by atoms with Crippen LogP contribution in [0.5, 0.6) is 5.88 Å². The average molecular weight is 285 g/mol. The second-order valence-corrected chi connectivity index (χ2v) is 6.23. The number of nitrogens with zero attached hydrogens (tertiary/aromatic N) is 1. The fourth-order valence-electron chi connectivity index (χ4n) is 1.86. The number of aromatic nitrogens is 1. The van der Waals surface area contributed by atoms with E-state index >= 15 is 0 Å². The van der Waals surface area contributed by atoms with Gasteiger partial charge in [-0.15, -0.1) is 0 Å². The molecule has 112 valence electrons. The van der Waals surface area contributed by atoms with Gasteiger partial charge < -0.3 is 15.8 Å². The van der Waals surface area contributed by atoms with Crippen LogP contribution in [0.3, 0.4) is 0 Å². The van der Waals surface area contributed by atoms with Crippen LogP contribution in [0.15, 0.2) is 30.3 Å². The van der Waals surface area contributed by atoms with E-state index < -0.39 is 0 Å². The Morgan fingerprint density at radius 1 is 1.05 bits per heavy atom. The van der Waals surface area contributed by atoms with Gasteiger partial charge in [0, 0.05) is 5.69 Å². The van der Waals surface area contributed by atoms with E-state index in [1.54, 1.807) is 6.07 Å². The molecule has 0 aliphatic heterocycles. The number of hydrogen-bond acceptors (Lipinski definition) is 4. The molecule has 0 aliphatic carbocycles. The zero-order valence-electron chi connectivity index (χ0n) is 13.3. The lowest BCUT2D eigenvalue weighted by Crippen LogP contribution is -2.24. The van der Waals surface area contributed by atoms with Gasteiger partial charge in [0.05, 0.1) is 5.69 Å². The van der Waals surface area contributed by atoms with E-state index in [0.29, 0.717) is 17.4 Å². The predicted octanol–water partition coefficient (Wildman–Crippen LogP) is 4.20. The molecular formula is C17H23N3O. The normalized spacial score (nSPS) is 11.3. The van der Waals surface area contributed by atoms with Crippen LogP contribution < -0.4 is 15.8 Å². The van der Waals surface area contributed by atoms with E-state index in [2.05, 4.69) is 36.3 Å². The molecular weight excluding hydrogens is 262 g/mol. The Hall–Kier alpha value is -2.23. The van der Waals surface area contributed by atoms with Crippen LogP contribution in [0.4, 0.5) is 17.2 Å². The molecule has 2 rings (SSSR count). The summed E-state index contributed by atoms with van der Waals surface area (Å²) in [6, 6.07) is 9.86. The smallest absolute Gasteiger partial charge is 0.239 e. The highest BCUT2D eigenvalue weighted by Crippen LogP contribution is 2.26. The number of hydrogen-bond donors (Lipinski definition) is 2. The van der Waals surface area contributed by atoms with Gasteiger partial charge >= 0.3 is 0 Å². The van der Waals surface area contributed by atoms with Crippen molar-refractivity contribution in [2.45, 2.75) is 40.2 Å². The van der Waals surface area contributed by atoms with Crippen molar-refractivity contribution in [2.24, 2.45) is 0 Å². The Morgan fingerprint density at radius 2 is 1.76 bits per heavy atom. The number of ether oxygens (including phenoxy) is 1. The summed E-state index contributed by atoms with van der Waals surface area (Å²) in [5.74, 6) is 1.17. The van der Waals surface area contributed by atoms with Gasteiger partial charge in [0.25, 0.3) is 0 Å². The van der Waals surface area contributed by atoms with E-state index in [0.717, 1.165) is 5.69 Å². The minimum absolute atomic E-state index is 0.333. The molecule has 4 heteroatoms. The van der Waals surface area contributed by atoms with Crippen molar-refractivity contribution in [1.82, 2.24) is 4.98 Å². The number of anilines is 3. The van der Waals surface area contributed by atoms with Crippen molar-refractivity contribution in [1.29, 1.82) is 0 Å². The summed E-state index contributed by atoms with van der Waals surface area (Å²) in [5.41, 5.74) is 9.62. The molecule has 0 unspecified atom stereocenters. The molecule has 0 atom stereocenters. The van der Waals surface area contributed by atoms with Crippen molar-refractivity contribution in [3.05, 3.63) is 41.5 Å². The number of pyridine rings is 1. The highest BCUT2D eigenvalue weighted by Gasteiger charge is 2.15. The van der Waals surface area contributed by atoms with Gasteiger partial charge in [-0.3, -0.25) is 0 Å². The number of nitrogen functional groups attached to an aromatic ring is 1. The quantitative estimate of drug-likeness (QED) is 0.887. The van der Waals surface area contributed by atoms with Crippen LogP contribution >= 0.6 is 0 Å². The van der Waals surface area contributed by atoms with E-state index in [4.69, 9.17) is 10.5 Å². The molecule has 0 fully saturated rings. The summed E-state index contributed by atoms with van der Waals surface area (Å²) in [5, 5.41) is 3.28. The van der Waals surface area contributed by atoms with Gasteiger partial charge in [0.1, 0.15) is 11.4 Å². The van der Waals surface area contributed by atoms with E-state index in [1.807, 2.05) is 32.9 Å². The lowest BCUT2D eigenvalue weighted by molar-refractivity contribution is 0.125. The fourth-order valence-corrected chi connectivity index (χ4v) is 1.86. The Balaban J connectivity index is 2.24. The summed E-state index contributed by atoms with van der Waals surface area (Å²) < 4.78 is 5.78. The predicted molar refractivity (Wildman–Crippen MR) is 88.2 cm³/mol. The molecule has 4 nitrogen and oxygen atoms in total. The average Bonchev–Trinajstić information content (AvgIpc) is 2.36. The second kappa shape index (κ2) is 5.64. The summed E-state index contributed by atoms with van der Waals surface area (Å²) in [6.45, 7) is 10.1. The second-order valence-electron chi connectivity index (χ2n) is 6.23. The summed E-state index contributed by atoms with van der Waals surface area (Å²) in [6.07, 6.45) is 0. The molecule has 0 saturated heterocycles. The number of rotatable bonds is 3. The lowest BCUT2D eigenvalue weighted by Gasteiger charge is -2.21. The third-order valence-electron chi connectivity index (χ3n) is 3.07. The van der Waals surface area contributed by atoms with Crippen molar-refractivity contribution in [3.8, 4) is 5.88 Å². The van der Waals surface area contributed by atoms with Crippen LogP contribution in [0, 0.1) is 13.8 Å². The highest BCUT2D eigenvalue weighted by molar-refractivity contribution is 5.61. The third-order valence-corrected chi connectivity index (χ3v) is 3.07. The first-order chi connectivity index (χ1) is 9.74. The first kappa shape index (κ1) is 15.2. The molecule has 1 aromatic heterocycles. The van der Waals surface area contributed by atoms with E-state index in [1.165, 1.54) is 11.1 Å². The topological polar surface area (TPSA) is 60.2 Å². The number of nitrogens with one attached hydrogen (secondary N) is 1. The minimum Gasteiger partial charge on any atom is -0.470 e. The fraction of sp³-hybridized carbons (Fsp3) is 0.353. The van der Waals surface area contributed by atoms with Crippen LogP contribution in [-0.2, 0) is 0 Å². The molecule has 0 saturated carbocycles. The van der Waals surface area contributed by atoms with Gasteiger partial charge in [-0.2, -0.15) is 4.98 Å². The van der Waals surface area contributed by atoms with E-state index in [-0.39, 0.29) is 5.60 Å². The molecule has 1 heterocycles. The highest BCUT2D eigenvalue weighted by atomic mass is 16.5. The summed E-state index contributed by atoms with van der Waals surface area (Å²) in [7, 11) is 0. The Labute approximate surface area is 126 Å². The van der Waals surface area contributed by atoms with Crippen molar-refractivity contribution in [2.75, 3.05) is 11.1 Å². The van der Waals surface area contributed by atoms with Gasteiger partial charge in [0.2, 0.25) is 5.88 Å². The van der Waals surface area contributed by atoms with Gasteiger partial charge in [-0.1, -0.05) is 6.07 Å². The molecule has 0 aliphatic rings. The monoisotopic (exact) mass is 285 g/mol. The summed E-state index contributed by atoms with van der Waals surface area (Å²) >= 11 is 0. The Morgan fingerprint density at radius 3 is 2.38 bits per heavy atom. The van der Waals surface area contributed by atoms with E-state index in [9.17, 15) is 0 Å². The number of nitrogens with two attached hydrogens (primary N) is 1. The van der Waals surface area contributed by atoms with Crippen molar-refractivity contribution in [3.63, 3.8) is 0 Å². The largest absolute Gasteiger partial charge is 0.470 e. The summed E-state index contributed by atoms with van der Waals surface area (Å²) in [4.78, 5) is 4.45. The maximum Gasteiger partial charge on any atom is 0.239 e. The maximum atomic E-state index is 5.92. The zero-order valence-corrected chi connectivity index (χ0v) is 13.3. The van der Waals surface area contributed by atoms with Crippen LogP contribution in [-0.4, -0.2) is 10.6 Å². The first-order valence-electron chi connectivity index (χ1n) is 7.04. The number of aryl methyl sites for hydroxylation is 2. The Kier molecular flexibility index (Phi) is 4.07. The number of benzene rings is 1. The van der Waals surface area contributed by atoms with Crippen LogP contribution in [0.1, 0.15) is 31.9 Å².